The Morgan fingerprint density at radius 2 is 1.79 bits per heavy atom. The molecule has 0 spiro atoms. The number of hydrogen-bond acceptors (Lipinski definition) is 6. The average Bonchev–Trinajstić information content (AvgIpc) is 3.24. The number of hydrogen-bond donors (Lipinski definition) is 3. The van der Waals surface area contributed by atoms with E-state index in [0.29, 0.717) is 31.7 Å². The summed E-state index contributed by atoms with van der Waals surface area (Å²) in [6.07, 6.45) is 1.80. The summed E-state index contributed by atoms with van der Waals surface area (Å²) in [7, 11) is 3.64. The van der Waals surface area contributed by atoms with Gasteiger partial charge in [-0.2, -0.15) is 5.10 Å². The Hall–Kier alpha value is -3.89. The Morgan fingerprint density at radius 3 is 2.45 bits per heavy atom. The normalized spacial score (nSPS) is 13.9. The van der Waals surface area contributed by atoms with E-state index < -0.39 is 0 Å². The van der Waals surface area contributed by atoms with Crippen molar-refractivity contribution in [1.29, 1.82) is 0 Å². The lowest BCUT2D eigenvalue weighted by Crippen LogP contribution is -2.52. The van der Waals surface area contributed by atoms with Gasteiger partial charge in [-0.15, -0.1) is 0 Å². The third kappa shape index (κ3) is 6.15. The number of nitrogens with zero attached hydrogens (tertiary/aromatic N) is 5. The zero-order valence-corrected chi connectivity index (χ0v) is 22.6. The molecule has 0 saturated carbocycles. The number of benzene rings is 2. The van der Waals surface area contributed by atoms with Crippen LogP contribution < -0.4 is 15.5 Å². The second-order valence-corrected chi connectivity index (χ2v) is 9.66. The second kappa shape index (κ2) is 12.1. The van der Waals surface area contributed by atoms with E-state index in [-0.39, 0.29) is 18.5 Å². The Kier molecular flexibility index (Phi) is 8.65. The molecular formula is C28H37N7O3. The van der Waals surface area contributed by atoms with E-state index in [1.54, 1.807) is 27.7 Å². The highest BCUT2D eigenvalue weighted by Gasteiger charge is 2.21. The van der Waals surface area contributed by atoms with E-state index in [4.69, 9.17) is 5.11 Å². The van der Waals surface area contributed by atoms with Crippen LogP contribution in [0.2, 0.25) is 0 Å². The van der Waals surface area contributed by atoms with Gasteiger partial charge in [-0.1, -0.05) is 18.2 Å². The van der Waals surface area contributed by atoms with E-state index in [9.17, 15) is 9.59 Å². The van der Waals surface area contributed by atoms with Crippen molar-refractivity contribution in [2.45, 2.75) is 20.4 Å². The molecule has 1 fully saturated rings. The van der Waals surface area contributed by atoms with Crippen LogP contribution in [0.4, 0.5) is 22.0 Å². The molecular weight excluding hydrogens is 482 g/mol. The predicted octanol–water partition coefficient (Wildman–Crippen LogP) is 2.88. The molecule has 1 aliphatic heterocycles. The fourth-order valence-electron chi connectivity index (χ4n) is 4.66. The molecule has 3 amide bonds. The molecule has 10 heteroatoms. The molecule has 1 saturated heterocycles. The molecule has 3 aromatic rings. The lowest BCUT2D eigenvalue weighted by Gasteiger charge is -2.34. The summed E-state index contributed by atoms with van der Waals surface area (Å²) in [5, 5.41) is 19.8. The van der Waals surface area contributed by atoms with E-state index in [2.05, 4.69) is 20.6 Å². The molecule has 0 unspecified atom stereocenters. The Labute approximate surface area is 223 Å². The number of carbonyl (C=O) groups excluding carboxylic acids is 2. The number of aromatic nitrogens is 2. The van der Waals surface area contributed by atoms with Crippen LogP contribution in [0, 0.1) is 13.8 Å². The minimum atomic E-state index is -0.125. The third-order valence-corrected chi connectivity index (χ3v) is 7.04. The largest absolute Gasteiger partial charge is 0.395 e. The van der Waals surface area contributed by atoms with Gasteiger partial charge in [0.05, 0.1) is 24.2 Å². The van der Waals surface area contributed by atoms with Gasteiger partial charge in [0.2, 0.25) is 0 Å². The summed E-state index contributed by atoms with van der Waals surface area (Å²) >= 11 is 0. The lowest BCUT2D eigenvalue weighted by molar-refractivity contribution is 0.0993. The van der Waals surface area contributed by atoms with Crippen molar-refractivity contribution in [2.24, 2.45) is 7.05 Å². The molecule has 2 aromatic carbocycles. The number of aliphatic hydroxyl groups is 1. The van der Waals surface area contributed by atoms with Crippen molar-refractivity contribution in [3.05, 3.63) is 70.9 Å². The van der Waals surface area contributed by atoms with Crippen molar-refractivity contribution in [3.8, 4) is 0 Å². The number of carbonyl (C=O) groups is 2. The first-order valence-corrected chi connectivity index (χ1v) is 12.9. The summed E-state index contributed by atoms with van der Waals surface area (Å²) < 4.78 is 1.77. The highest BCUT2D eigenvalue weighted by Crippen LogP contribution is 2.30. The van der Waals surface area contributed by atoms with Crippen molar-refractivity contribution >= 4 is 29.1 Å². The number of aryl methyl sites for hydroxylation is 3. The van der Waals surface area contributed by atoms with Crippen LogP contribution in [0.3, 0.4) is 0 Å². The van der Waals surface area contributed by atoms with Gasteiger partial charge in [0.15, 0.2) is 0 Å². The zero-order valence-electron chi connectivity index (χ0n) is 22.6. The Balaban J connectivity index is 1.40. The number of anilines is 3. The SMILES string of the molecule is Cc1cc(C(=O)N(C)c2ccccc2Nc2c(C)cnn2C)ccc1CNC(=O)N1CCN(CCO)CC1. The van der Waals surface area contributed by atoms with Crippen LogP contribution in [0.15, 0.2) is 48.7 Å². The fourth-order valence-corrected chi connectivity index (χ4v) is 4.66. The first-order valence-electron chi connectivity index (χ1n) is 12.9. The first-order chi connectivity index (χ1) is 18.3. The van der Waals surface area contributed by atoms with Crippen LogP contribution in [-0.2, 0) is 13.6 Å². The minimum absolute atomic E-state index is 0.0966. The summed E-state index contributed by atoms with van der Waals surface area (Å²) in [4.78, 5) is 31.6. The van der Waals surface area contributed by atoms with E-state index in [1.165, 1.54) is 0 Å². The molecule has 0 radical (unpaired) electrons. The van der Waals surface area contributed by atoms with Crippen LogP contribution in [0.25, 0.3) is 0 Å². The number of urea groups is 1. The molecule has 3 N–H and O–H groups in total. The highest BCUT2D eigenvalue weighted by molar-refractivity contribution is 6.07. The fraction of sp³-hybridized carbons (Fsp3) is 0.393. The number of amides is 3. The van der Waals surface area contributed by atoms with Gasteiger partial charge in [-0.05, 0) is 49.2 Å². The summed E-state index contributed by atoms with van der Waals surface area (Å²) in [5.74, 6) is 0.744. The maximum absolute atomic E-state index is 13.4. The van der Waals surface area contributed by atoms with Crippen LogP contribution in [0.1, 0.15) is 27.0 Å². The van der Waals surface area contributed by atoms with Gasteiger partial charge in [-0.3, -0.25) is 14.4 Å². The summed E-state index contributed by atoms with van der Waals surface area (Å²) in [6.45, 7) is 7.90. The van der Waals surface area contributed by atoms with Crippen molar-refractivity contribution in [3.63, 3.8) is 0 Å². The molecule has 1 aliphatic rings. The maximum Gasteiger partial charge on any atom is 0.317 e. The molecule has 202 valence electrons. The molecule has 0 aliphatic carbocycles. The van der Waals surface area contributed by atoms with E-state index in [0.717, 1.165) is 47.0 Å². The van der Waals surface area contributed by atoms with Crippen molar-refractivity contribution in [2.75, 3.05) is 56.6 Å². The van der Waals surface area contributed by atoms with E-state index in [1.807, 2.05) is 63.4 Å². The molecule has 0 atom stereocenters. The quantitative estimate of drug-likeness (QED) is 0.423. The molecule has 2 heterocycles. The number of rotatable bonds is 8. The monoisotopic (exact) mass is 519 g/mol. The summed E-state index contributed by atoms with van der Waals surface area (Å²) in [6, 6.07) is 13.2. The van der Waals surface area contributed by atoms with Gasteiger partial charge in [0.25, 0.3) is 5.91 Å². The minimum Gasteiger partial charge on any atom is -0.395 e. The highest BCUT2D eigenvalue weighted by atomic mass is 16.3. The standard InChI is InChI=1S/C28H37N7O3/c1-20-17-22(9-10-23(20)19-29-28(38)35-13-11-34(12-14-35)15-16-36)27(37)32(3)25-8-6-5-7-24(25)31-26-21(2)18-30-33(26)4/h5-10,17-18,31,36H,11-16,19H2,1-4H3,(H,29,38). The number of nitrogens with one attached hydrogen (secondary N) is 2. The smallest absolute Gasteiger partial charge is 0.317 e. The topological polar surface area (TPSA) is 106 Å². The molecule has 38 heavy (non-hydrogen) atoms. The predicted molar refractivity (Wildman–Crippen MR) is 149 cm³/mol. The van der Waals surface area contributed by atoms with Gasteiger partial charge in [0.1, 0.15) is 5.82 Å². The Morgan fingerprint density at radius 1 is 1.05 bits per heavy atom. The van der Waals surface area contributed by atoms with Crippen molar-refractivity contribution in [1.82, 2.24) is 24.9 Å². The molecule has 4 rings (SSSR count). The molecule has 1 aromatic heterocycles. The zero-order chi connectivity index (χ0) is 27.2. The number of aliphatic hydroxyl groups excluding tert-OH is 1. The summed E-state index contributed by atoms with van der Waals surface area (Å²) in [5.41, 5.74) is 5.05. The number of piperazine rings is 1. The van der Waals surface area contributed by atoms with Crippen molar-refractivity contribution < 1.29 is 14.7 Å². The first kappa shape index (κ1) is 27.2. The molecule has 0 bridgehead atoms. The molecule has 10 nitrogen and oxygen atoms in total. The van der Waals surface area contributed by atoms with Gasteiger partial charge in [0, 0.05) is 64.5 Å². The second-order valence-electron chi connectivity index (χ2n) is 9.66. The van der Waals surface area contributed by atoms with Gasteiger partial charge < -0.3 is 25.5 Å². The third-order valence-electron chi connectivity index (χ3n) is 7.04. The number of para-hydroxylation sites is 2. The number of β-amino-alcohol motifs (C(OH)–C–C–N with tert-alkyl or cyclic N) is 1. The van der Waals surface area contributed by atoms with E-state index >= 15 is 0 Å². The maximum atomic E-state index is 13.4. The van der Waals surface area contributed by atoms with Crippen LogP contribution >= 0.6 is 0 Å². The lowest BCUT2D eigenvalue weighted by atomic mass is 10.0. The Bertz CT molecular complexity index is 1260. The van der Waals surface area contributed by atoms with Crippen LogP contribution in [-0.4, -0.2) is 83.0 Å². The van der Waals surface area contributed by atoms with Gasteiger partial charge >= 0.3 is 6.03 Å². The average molecular weight is 520 g/mol. The van der Waals surface area contributed by atoms with Crippen LogP contribution in [0.5, 0.6) is 0 Å². The van der Waals surface area contributed by atoms with Gasteiger partial charge in [-0.25, -0.2) is 4.79 Å².